The highest BCUT2D eigenvalue weighted by Gasteiger charge is 2.21. The molecule has 23 heavy (non-hydrogen) atoms. The molecular weight excluding hydrogens is 337 g/mol. The number of halogens is 2. The molecule has 0 aliphatic rings. The Morgan fingerprint density at radius 2 is 1.83 bits per heavy atom. The molecular formula is C17H15Cl2NO3. The van der Waals surface area contributed by atoms with E-state index in [0.29, 0.717) is 10.7 Å². The molecule has 120 valence electrons. The predicted molar refractivity (Wildman–Crippen MR) is 91.1 cm³/mol. The summed E-state index contributed by atoms with van der Waals surface area (Å²) < 4.78 is 5.15. The molecule has 1 unspecified atom stereocenters. The van der Waals surface area contributed by atoms with Crippen molar-refractivity contribution < 1.29 is 14.3 Å². The first kappa shape index (κ1) is 17.3. The number of hydrogen-bond acceptors (Lipinski definition) is 3. The van der Waals surface area contributed by atoms with Gasteiger partial charge in [-0.2, -0.15) is 0 Å². The summed E-state index contributed by atoms with van der Waals surface area (Å²) >= 11 is 11.7. The van der Waals surface area contributed by atoms with Gasteiger partial charge in [0.25, 0.3) is 5.91 Å². The molecule has 2 rings (SSSR count). The fourth-order valence-electron chi connectivity index (χ4n) is 1.88. The molecule has 1 N–H and O–H groups in total. The quantitative estimate of drug-likeness (QED) is 0.825. The molecule has 6 heteroatoms. The number of carbonyl (C=O) groups is 2. The highest BCUT2D eigenvalue weighted by Crippen LogP contribution is 2.22. The van der Waals surface area contributed by atoms with E-state index in [9.17, 15) is 9.59 Å². The number of benzene rings is 2. The number of aryl methyl sites for hydroxylation is 1. The topological polar surface area (TPSA) is 55.4 Å². The zero-order valence-corrected chi connectivity index (χ0v) is 14.1. The first-order chi connectivity index (χ1) is 10.9. The highest BCUT2D eigenvalue weighted by atomic mass is 35.5. The summed E-state index contributed by atoms with van der Waals surface area (Å²) in [6.45, 7) is 3.37. The third-order valence-corrected chi connectivity index (χ3v) is 3.75. The Balaban J connectivity index is 2.03. The van der Waals surface area contributed by atoms with Gasteiger partial charge in [0.2, 0.25) is 0 Å². The molecule has 2 aromatic carbocycles. The van der Waals surface area contributed by atoms with Gasteiger partial charge in [-0.25, -0.2) is 4.79 Å². The number of carbonyl (C=O) groups excluding carboxylic acids is 2. The van der Waals surface area contributed by atoms with Crippen LogP contribution in [0.4, 0.5) is 5.69 Å². The predicted octanol–water partition coefficient (Wildman–Crippen LogP) is 4.49. The summed E-state index contributed by atoms with van der Waals surface area (Å²) in [4.78, 5) is 24.2. The van der Waals surface area contributed by atoms with Crippen LogP contribution in [0.1, 0.15) is 22.8 Å². The van der Waals surface area contributed by atoms with Crippen molar-refractivity contribution in [3.63, 3.8) is 0 Å². The van der Waals surface area contributed by atoms with Crippen molar-refractivity contribution in [3.05, 3.63) is 63.6 Å². The maximum atomic E-state index is 12.1. The lowest BCUT2D eigenvalue weighted by Gasteiger charge is -2.15. The lowest BCUT2D eigenvalue weighted by Crippen LogP contribution is -2.30. The second-order valence-electron chi connectivity index (χ2n) is 4.98. The number of rotatable bonds is 4. The highest BCUT2D eigenvalue weighted by molar-refractivity contribution is 6.36. The largest absolute Gasteiger partial charge is 0.449 e. The van der Waals surface area contributed by atoms with Crippen molar-refractivity contribution in [2.45, 2.75) is 20.0 Å². The summed E-state index contributed by atoms with van der Waals surface area (Å²) in [6, 6.07) is 11.8. The molecule has 0 saturated carbocycles. The molecule has 0 spiro atoms. The van der Waals surface area contributed by atoms with Crippen LogP contribution < -0.4 is 5.32 Å². The zero-order chi connectivity index (χ0) is 17.0. The van der Waals surface area contributed by atoms with E-state index >= 15 is 0 Å². The molecule has 4 nitrogen and oxygen atoms in total. The fraction of sp³-hybridized carbons (Fsp3) is 0.176. The van der Waals surface area contributed by atoms with Crippen molar-refractivity contribution >= 4 is 40.8 Å². The summed E-state index contributed by atoms with van der Waals surface area (Å²) in [5.74, 6) is -1.10. The number of esters is 1. The van der Waals surface area contributed by atoms with Crippen LogP contribution in [-0.2, 0) is 9.53 Å². The smallest absolute Gasteiger partial charge is 0.340 e. The minimum Gasteiger partial charge on any atom is -0.449 e. The lowest BCUT2D eigenvalue weighted by molar-refractivity contribution is -0.123. The van der Waals surface area contributed by atoms with E-state index < -0.39 is 18.0 Å². The maximum absolute atomic E-state index is 12.1. The summed E-state index contributed by atoms with van der Waals surface area (Å²) in [6.07, 6.45) is -0.964. The third-order valence-electron chi connectivity index (χ3n) is 3.21. The minimum absolute atomic E-state index is 0.159. The molecule has 1 atom stereocenters. The Bertz CT molecular complexity index is 746. The SMILES string of the molecule is Cc1ccccc1NC(=O)C(C)OC(=O)c1ccc(Cl)cc1Cl. The van der Waals surface area contributed by atoms with Gasteiger partial charge in [-0.15, -0.1) is 0 Å². The van der Waals surface area contributed by atoms with E-state index in [4.69, 9.17) is 27.9 Å². The van der Waals surface area contributed by atoms with Crippen molar-refractivity contribution in [1.29, 1.82) is 0 Å². The van der Waals surface area contributed by atoms with Gasteiger partial charge in [-0.3, -0.25) is 4.79 Å². The molecule has 0 aliphatic carbocycles. The second-order valence-corrected chi connectivity index (χ2v) is 5.82. The van der Waals surface area contributed by atoms with Gasteiger partial charge in [-0.1, -0.05) is 41.4 Å². The molecule has 0 fully saturated rings. The second kappa shape index (κ2) is 7.49. The number of anilines is 1. The van der Waals surface area contributed by atoms with Crippen LogP contribution in [-0.4, -0.2) is 18.0 Å². The Hall–Kier alpha value is -2.04. The Morgan fingerprint density at radius 1 is 1.13 bits per heavy atom. The van der Waals surface area contributed by atoms with Crippen LogP contribution in [0.3, 0.4) is 0 Å². The van der Waals surface area contributed by atoms with Gasteiger partial charge in [0, 0.05) is 10.7 Å². The fourth-order valence-corrected chi connectivity index (χ4v) is 2.37. The van der Waals surface area contributed by atoms with E-state index in [1.54, 1.807) is 6.07 Å². The molecule has 0 aromatic heterocycles. The Labute approximate surface area is 144 Å². The lowest BCUT2D eigenvalue weighted by atomic mass is 10.2. The molecule has 2 aromatic rings. The number of hydrogen-bond donors (Lipinski definition) is 1. The molecule has 1 amide bonds. The number of nitrogens with one attached hydrogen (secondary N) is 1. The number of para-hydroxylation sites is 1. The van der Waals surface area contributed by atoms with Crippen molar-refractivity contribution in [2.24, 2.45) is 0 Å². The van der Waals surface area contributed by atoms with Crippen molar-refractivity contribution in [3.8, 4) is 0 Å². The molecule has 0 radical (unpaired) electrons. The summed E-state index contributed by atoms with van der Waals surface area (Å²) in [5.41, 5.74) is 1.75. The van der Waals surface area contributed by atoms with Crippen LogP contribution in [0.5, 0.6) is 0 Å². The maximum Gasteiger partial charge on any atom is 0.340 e. The van der Waals surface area contributed by atoms with Gasteiger partial charge in [0.15, 0.2) is 6.10 Å². The Morgan fingerprint density at radius 3 is 2.48 bits per heavy atom. The van der Waals surface area contributed by atoms with Crippen LogP contribution in [0, 0.1) is 6.92 Å². The van der Waals surface area contributed by atoms with E-state index in [1.165, 1.54) is 25.1 Å². The first-order valence-electron chi connectivity index (χ1n) is 6.91. The minimum atomic E-state index is -0.964. The average Bonchev–Trinajstić information content (AvgIpc) is 2.49. The van der Waals surface area contributed by atoms with Crippen molar-refractivity contribution in [2.75, 3.05) is 5.32 Å². The van der Waals surface area contributed by atoms with Gasteiger partial charge >= 0.3 is 5.97 Å². The Kier molecular flexibility index (Phi) is 5.64. The average molecular weight is 352 g/mol. The third kappa shape index (κ3) is 4.47. The molecule has 0 aliphatic heterocycles. The van der Waals surface area contributed by atoms with Crippen LogP contribution >= 0.6 is 23.2 Å². The molecule has 0 saturated heterocycles. The number of amides is 1. The number of ether oxygens (including phenoxy) is 1. The van der Waals surface area contributed by atoms with Crippen molar-refractivity contribution in [1.82, 2.24) is 0 Å². The van der Waals surface area contributed by atoms with Crippen LogP contribution in [0.25, 0.3) is 0 Å². The van der Waals surface area contributed by atoms with E-state index in [2.05, 4.69) is 5.32 Å². The van der Waals surface area contributed by atoms with Gasteiger partial charge in [0.1, 0.15) is 0 Å². The van der Waals surface area contributed by atoms with E-state index in [1.807, 2.05) is 25.1 Å². The monoisotopic (exact) mass is 351 g/mol. The normalized spacial score (nSPS) is 11.7. The van der Waals surface area contributed by atoms with E-state index in [-0.39, 0.29) is 10.6 Å². The summed E-state index contributed by atoms with van der Waals surface area (Å²) in [7, 11) is 0. The first-order valence-corrected chi connectivity index (χ1v) is 7.66. The van der Waals surface area contributed by atoms with Crippen LogP contribution in [0.15, 0.2) is 42.5 Å². The summed E-state index contributed by atoms with van der Waals surface area (Å²) in [5, 5.41) is 3.31. The van der Waals surface area contributed by atoms with Gasteiger partial charge in [0.05, 0.1) is 10.6 Å². The van der Waals surface area contributed by atoms with Gasteiger partial charge in [-0.05, 0) is 43.7 Å². The van der Waals surface area contributed by atoms with Gasteiger partial charge < -0.3 is 10.1 Å². The van der Waals surface area contributed by atoms with E-state index in [0.717, 1.165) is 5.56 Å². The molecule has 0 heterocycles. The van der Waals surface area contributed by atoms with Crippen LogP contribution in [0.2, 0.25) is 10.0 Å². The molecule has 0 bridgehead atoms. The zero-order valence-electron chi connectivity index (χ0n) is 12.6. The standard InChI is InChI=1S/C17H15Cl2NO3/c1-10-5-3-4-6-15(10)20-16(21)11(2)23-17(22)13-8-7-12(18)9-14(13)19/h3-9,11H,1-2H3,(H,20,21).